The first-order chi connectivity index (χ1) is 5.72. The molecule has 0 aliphatic carbocycles. The normalized spacial score (nSPS) is 11.9. The van der Waals surface area contributed by atoms with Crippen LogP contribution in [0.1, 0.15) is 18.9 Å². The van der Waals surface area contributed by atoms with Gasteiger partial charge in [0.05, 0.1) is 0 Å². The fraction of sp³-hybridized carbons (Fsp3) is 0.400. The van der Waals surface area contributed by atoms with Gasteiger partial charge in [-0.15, -0.1) is 12.4 Å². The van der Waals surface area contributed by atoms with Crippen LogP contribution in [0.25, 0.3) is 0 Å². The van der Waals surface area contributed by atoms with Gasteiger partial charge in [0.1, 0.15) is 0 Å². The predicted molar refractivity (Wildman–Crippen MR) is 60.7 cm³/mol. The molecule has 13 heavy (non-hydrogen) atoms. The van der Waals surface area contributed by atoms with Gasteiger partial charge in [-0.25, -0.2) is 0 Å². The lowest BCUT2D eigenvalue weighted by Gasteiger charge is -2.07. The number of hydrogen-bond donors (Lipinski definition) is 1. The molecule has 1 aromatic carbocycles. The van der Waals surface area contributed by atoms with Gasteiger partial charge in [0, 0.05) is 11.1 Å². The second-order valence-corrected chi connectivity index (χ2v) is 3.44. The summed E-state index contributed by atoms with van der Waals surface area (Å²) in [5.41, 5.74) is 7.07. The van der Waals surface area contributed by atoms with Crippen LogP contribution in [0.3, 0.4) is 0 Å². The Morgan fingerprint density at radius 1 is 1.31 bits per heavy atom. The maximum absolute atomic E-state index is 5.81. The van der Waals surface area contributed by atoms with E-state index in [1.807, 2.05) is 24.3 Å². The third kappa shape index (κ3) is 4.51. The zero-order chi connectivity index (χ0) is 8.97. The molecule has 0 aromatic heterocycles. The molecule has 2 N–H and O–H groups in total. The van der Waals surface area contributed by atoms with E-state index in [1.54, 1.807) is 0 Å². The second-order valence-electron chi connectivity index (χ2n) is 3.00. The van der Waals surface area contributed by atoms with E-state index in [9.17, 15) is 0 Å². The Bertz CT molecular complexity index is 233. The Balaban J connectivity index is 0.00000144. The molecule has 0 aliphatic rings. The van der Waals surface area contributed by atoms with Crippen molar-refractivity contribution in [2.24, 2.45) is 5.73 Å². The highest BCUT2D eigenvalue weighted by Crippen LogP contribution is 2.11. The molecule has 0 saturated heterocycles. The smallest absolute Gasteiger partial charge is 0.0406 e. The highest BCUT2D eigenvalue weighted by molar-refractivity contribution is 6.30. The van der Waals surface area contributed by atoms with E-state index >= 15 is 0 Å². The molecular formula is C10H15Cl2N. The summed E-state index contributed by atoms with van der Waals surface area (Å²) >= 11 is 5.75. The Morgan fingerprint density at radius 2 is 1.85 bits per heavy atom. The van der Waals surface area contributed by atoms with Crippen molar-refractivity contribution < 1.29 is 0 Å². The van der Waals surface area contributed by atoms with E-state index in [0.717, 1.165) is 17.9 Å². The fourth-order valence-corrected chi connectivity index (χ4v) is 1.19. The summed E-state index contributed by atoms with van der Waals surface area (Å²) in [4.78, 5) is 0. The minimum atomic E-state index is 0. The molecular weight excluding hydrogens is 205 g/mol. The van der Waals surface area contributed by atoms with Crippen LogP contribution in [0.2, 0.25) is 5.02 Å². The van der Waals surface area contributed by atoms with Crippen molar-refractivity contribution in [3.05, 3.63) is 34.9 Å². The Morgan fingerprint density at radius 3 is 2.31 bits per heavy atom. The van der Waals surface area contributed by atoms with Gasteiger partial charge in [0.2, 0.25) is 0 Å². The monoisotopic (exact) mass is 219 g/mol. The molecule has 0 saturated carbocycles. The van der Waals surface area contributed by atoms with Crippen molar-refractivity contribution in [3.63, 3.8) is 0 Å². The van der Waals surface area contributed by atoms with Crippen LogP contribution in [0.15, 0.2) is 24.3 Å². The van der Waals surface area contributed by atoms with Gasteiger partial charge in [-0.1, -0.05) is 30.7 Å². The van der Waals surface area contributed by atoms with Gasteiger partial charge in [-0.3, -0.25) is 0 Å². The molecule has 1 atom stereocenters. The zero-order valence-electron chi connectivity index (χ0n) is 7.66. The van der Waals surface area contributed by atoms with Gasteiger partial charge in [0.15, 0.2) is 0 Å². The predicted octanol–water partition coefficient (Wildman–Crippen LogP) is 3.04. The summed E-state index contributed by atoms with van der Waals surface area (Å²) in [5.74, 6) is 0. The van der Waals surface area contributed by atoms with Crippen molar-refractivity contribution in [1.29, 1.82) is 0 Å². The lowest BCUT2D eigenvalue weighted by atomic mass is 10.1. The highest BCUT2D eigenvalue weighted by Gasteiger charge is 2.00. The Kier molecular flexibility index (Phi) is 6.13. The standard InChI is InChI=1S/C10H14ClN.ClH/c1-2-10(12)7-8-3-5-9(11)6-4-8;/h3-6,10H,2,7,12H2,1H3;1H. The third-order valence-electron chi connectivity index (χ3n) is 1.94. The van der Waals surface area contributed by atoms with Gasteiger partial charge >= 0.3 is 0 Å². The number of rotatable bonds is 3. The lowest BCUT2D eigenvalue weighted by molar-refractivity contribution is 0.646. The molecule has 1 nitrogen and oxygen atoms in total. The molecule has 74 valence electrons. The topological polar surface area (TPSA) is 26.0 Å². The third-order valence-corrected chi connectivity index (χ3v) is 2.19. The number of hydrogen-bond acceptors (Lipinski definition) is 1. The molecule has 0 aliphatic heterocycles. The van der Waals surface area contributed by atoms with E-state index < -0.39 is 0 Å². The first-order valence-corrected chi connectivity index (χ1v) is 4.60. The second kappa shape index (κ2) is 6.25. The average Bonchev–Trinajstić information content (AvgIpc) is 2.09. The first-order valence-electron chi connectivity index (χ1n) is 4.22. The van der Waals surface area contributed by atoms with Crippen LogP contribution >= 0.6 is 24.0 Å². The van der Waals surface area contributed by atoms with Crippen LogP contribution < -0.4 is 5.73 Å². The van der Waals surface area contributed by atoms with Crippen LogP contribution in [-0.4, -0.2) is 6.04 Å². The summed E-state index contributed by atoms with van der Waals surface area (Å²) in [6.45, 7) is 2.10. The minimum absolute atomic E-state index is 0. The SMILES string of the molecule is CCC(N)Cc1ccc(Cl)cc1.Cl. The van der Waals surface area contributed by atoms with Crippen molar-refractivity contribution in [2.45, 2.75) is 25.8 Å². The molecule has 3 heteroatoms. The van der Waals surface area contributed by atoms with Crippen molar-refractivity contribution in [1.82, 2.24) is 0 Å². The Hall–Kier alpha value is -0.240. The summed E-state index contributed by atoms with van der Waals surface area (Å²) < 4.78 is 0. The summed E-state index contributed by atoms with van der Waals surface area (Å²) in [5, 5.41) is 0.781. The maximum Gasteiger partial charge on any atom is 0.0406 e. The molecule has 1 unspecified atom stereocenters. The molecule has 1 aromatic rings. The van der Waals surface area contributed by atoms with Gasteiger partial charge in [-0.2, -0.15) is 0 Å². The maximum atomic E-state index is 5.81. The summed E-state index contributed by atoms with van der Waals surface area (Å²) in [6.07, 6.45) is 1.95. The fourth-order valence-electron chi connectivity index (χ4n) is 1.07. The average molecular weight is 220 g/mol. The Labute approximate surface area is 90.7 Å². The number of halogens is 2. The molecule has 0 heterocycles. The summed E-state index contributed by atoms with van der Waals surface area (Å²) in [7, 11) is 0. The van der Waals surface area contributed by atoms with E-state index in [1.165, 1.54) is 5.56 Å². The van der Waals surface area contributed by atoms with E-state index in [2.05, 4.69) is 6.92 Å². The quantitative estimate of drug-likeness (QED) is 0.832. The van der Waals surface area contributed by atoms with Crippen LogP contribution in [0, 0.1) is 0 Å². The molecule has 0 amide bonds. The van der Waals surface area contributed by atoms with Gasteiger partial charge < -0.3 is 5.73 Å². The van der Waals surface area contributed by atoms with Crippen molar-refractivity contribution in [3.8, 4) is 0 Å². The first kappa shape index (κ1) is 12.8. The molecule has 0 bridgehead atoms. The largest absolute Gasteiger partial charge is 0.327 e. The van der Waals surface area contributed by atoms with E-state index in [-0.39, 0.29) is 18.4 Å². The molecule has 0 fully saturated rings. The molecule has 0 radical (unpaired) electrons. The van der Waals surface area contributed by atoms with Gasteiger partial charge in [-0.05, 0) is 30.5 Å². The number of benzene rings is 1. The van der Waals surface area contributed by atoms with Gasteiger partial charge in [0.25, 0.3) is 0 Å². The van der Waals surface area contributed by atoms with Crippen LogP contribution in [0.4, 0.5) is 0 Å². The van der Waals surface area contributed by atoms with Crippen molar-refractivity contribution in [2.75, 3.05) is 0 Å². The zero-order valence-corrected chi connectivity index (χ0v) is 9.24. The molecule has 0 spiro atoms. The lowest BCUT2D eigenvalue weighted by Crippen LogP contribution is -2.21. The highest BCUT2D eigenvalue weighted by atomic mass is 35.5. The number of nitrogens with two attached hydrogens (primary N) is 1. The molecule has 1 rings (SSSR count). The summed E-state index contributed by atoms with van der Waals surface area (Å²) in [6, 6.07) is 8.13. The van der Waals surface area contributed by atoms with Crippen molar-refractivity contribution >= 4 is 24.0 Å². The van der Waals surface area contributed by atoms with E-state index in [0.29, 0.717) is 0 Å². The van der Waals surface area contributed by atoms with E-state index in [4.69, 9.17) is 17.3 Å². The van der Waals surface area contributed by atoms with Crippen LogP contribution in [0.5, 0.6) is 0 Å². The minimum Gasteiger partial charge on any atom is -0.327 e. The van der Waals surface area contributed by atoms with Crippen LogP contribution in [-0.2, 0) is 6.42 Å².